The van der Waals surface area contributed by atoms with E-state index in [0.29, 0.717) is 5.92 Å². The van der Waals surface area contributed by atoms with Crippen molar-refractivity contribution < 1.29 is 5.11 Å². The van der Waals surface area contributed by atoms with Gasteiger partial charge in [-0.05, 0) is 31.7 Å². The molecule has 2 atom stereocenters. The molecular formula is C13H23N3O. The Hall–Kier alpha value is -0.870. The number of piperidine rings is 1. The van der Waals surface area contributed by atoms with E-state index in [1.807, 2.05) is 18.7 Å². The van der Waals surface area contributed by atoms with Gasteiger partial charge in [0.25, 0.3) is 0 Å². The summed E-state index contributed by atoms with van der Waals surface area (Å²) in [5, 5.41) is 9.82. The average Bonchev–Trinajstić information content (AvgIpc) is 2.84. The minimum atomic E-state index is -0.0788. The van der Waals surface area contributed by atoms with Gasteiger partial charge in [0.2, 0.25) is 0 Å². The van der Waals surface area contributed by atoms with E-state index in [1.54, 1.807) is 0 Å². The van der Waals surface area contributed by atoms with E-state index in [-0.39, 0.29) is 6.10 Å². The molecule has 2 unspecified atom stereocenters. The number of imidazole rings is 1. The van der Waals surface area contributed by atoms with Crippen LogP contribution in [0.5, 0.6) is 0 Å². The predicted octanol–water partition coefficient (Wildman–Crippen LogP) is 1.37. The van der Waals surface area contributed by atoms with Crippen molar-refractivity contribution in [2.75, 3.05) is 19.6 Å². The Labute approximate surface area is 103 Å². The standard InChI is InChI=1S/C13H23N3O/c1-2-12-10-15(8-4-13(12)17)6-3-7-16-9-5-14-11-16/h5,9,11-13,17H,2-4,6-8,10H2,1H3. The van der Waals surface area contributed by atoms with Gasteiger partial charge >= 0.3 is 0 Å². The number of aryl methyl sites for hydroxylation is 1. The quantitative estimate of drug-likeness (QED) is 0.841. The third kappa shape index (κ3) is 3.54. The first-order valence-electron chi connectivity index (χ1n) is 6.65. The lowest BCUT2D eigenvalue weighted by Crippen LogP contribution is -2.43. The Bertz CT molecular complexity index is 312. The molecule has 2 heterocycles. The van der Waals surface area contributed by atoms with Crippen LogP contribution >= 0.6 is 0 Å². The minimum absolute atomic E-state index is 0.0788. The van der Waals surface area contributed by atoms with Crippen LogP contribution in [0, 0.1) is 5.92 Å². The number of nitrogens with zero attached hydrogens (tertiary/aromatic N) is 3. The molecule has 4 nitrogen and oxygen atoms in total. The van der Waals surface area contributed by atoms with E-state index in [2.05, 4.69) is 21.4 Å². The number of hydrogen-bond acceptors (Lipinski definition) is 3. The maximum atomic E-state index is 9.82. The molecule has 0 bridgehead atoms. The topological polar surface area (TPSA) is 41.3 Å². The molecule has 96 valence electrons. The molecule has 0 saturated carbocycles. The third-order valence-corrected chi connectivity index (χ3v) is 3.75. The van der Waals surface area contributed by atoms with Crippen LogP contribution in [0.25, 0.3) is 0 Å². The second-order valence-corrected chi connectivity index (χ2v) is 4.98. The highest BCUT2D eigenvalue weighted by Crippen LogP contribution is 2.20. The van der Waals surface area contributed by atoms with Crippen molar-refractivity contribution in [2.45, 2.75) is 38.8 Å². The van der Waals surface area contributed by atoms with Crippen molar-refractivity contribution in [3.63, 3.8) is 0 Å². The van der Waals surface area contributed by atoms with Crippen molar-refractivity contribution >= 4 is 0 Å². The van der Waals surface area contributed by atoms with Crippen LogP contribution in [0.2, 0.25) is 0 Å². The van der Waals surface area contributed by atoms with Crippen molar-refractivity contribution in [2.24, 2.45) is 5.92 Å². The SMILES string of the molecule is CCC1CN(CCCn2ccnc2)CCC1O. The molecule has 1 saturated heterocycles. The molecule has 0 aliphatic carbocycles. The number of aliphatic hydroxyl groups excluding tert-OH is 1. The zero-order valence-corrected chi connectivity index (χ0v) is 10.6. The largest absolute Gasteiger partial charge is 0.393 e. The summed E-state index contributed by atoms with van der Waals surface area (Å²) >= 11 is 0. The number of rotatable bonds is 5. The monoisotopic (exact) mass is 237 g/mol. The first-order chi connectivity index (χ1) is 8.29. The van der Waals surface area contributed by atoms with E-state index >= 15 is 0 Å². The van der Waals surface area contributed by atoms with E-state index in [0.717, 1.165) is 45.4 Å². The van der Waals surface area contributed by atoms with E-state index in [4.69, 9.17) is 0 Å². The van der Waals surface area contributed by atoms with Gasteiger partial charge < -0.3 is 14.6 Å². The van der Waals surface area contributed by atoms with Crippen molar-refractivity contribution in [1.82, 2.24) is 14.5 Å². The fourth-order valence-electron chi connectivity index (χ4n) is 2.60. The summed E-state index contributed by atoms with van der Waals surface area (Å²) in [5.74, 6) is 0.469. The number of likely N-dealkylation sites (tertiary alicyclic amines) is 1. The van der Waals surface area contributed by atoms with Gasteiger partial charge in [0.05, 0.1) is 12.4 Å². The first-order valence-corrected chi connectivity index (χ1v) is 6.65. The highest BCUT2D eigenvalue weighted by atomic mass is 16.3. The highest BCUT2D eigenvalue weighted by Gasteiger charge is 2.25. The van der Waals surface area contributed by atoms with Gasteiger partial charge in [-0.15, -0.1) is 0 Å². The van der Waals surface area contributed by atoms with Crippen molar-refractivity contribution in [3.8, 4) is 0 Å². The van der Waals surface area contributed by atoms with Crippen molar-refractivity contribution in [1.29, 1.82) is 0 Å². The number of hydrogen-bond donors (Lipinski definition) is 1. The van der Waals surface area contributed by atoms with Crippen molar-refractivity contribution in [3.05, 3.63) is 18.7 Å². The zero-order chi connectivity index (χ0) is 12.1. The van der Waals surface area contributed by atoms with Gasteiger partial charge in [0.1, 0.15) is 0 Å². The van der Waals surface area contributed by atoms with E-state index in [1.165, 1.54) is 0 Å². The maximum absolute atomic E-state index is 9.82. The molecule has 1 aliphatic rings. The molecule has 0 spiro atoms. The second kappa shape index (κ2) is 6.17. The van der Waals surface area contributed by atoms with Crippen LogP contribution in [-0.4, -0.2) is 45.3 Å². The number of aromatic nitrogens is 2. The molecule has 1 aromatic heterocycles. The molecular weight excluding hydrogens is 214 g/mol. The molecule has 17 heavy (non-hydrogen) atoms. The first kappa shape index (κ1) is 12.6. The van der Waals surface area contributed by atoms with E-state index in [9.17, 15) is 5.11 Å². The molecule has 2 rings (SSSR count). The Morgan fingerprint density at radius 3 is 3.00 bits per heavy atom. The Morgan fingerprint density at radius 2 is 2.29 bits per heavy atom. The normalized spacial score (nSPS) is 26.2. The number of aliphatic hydroxyl groups is 1. The summed E-state index contributed by atoms with van der Waals surface area (Å²) < 4.78 is 2.12. The van der Waals surface area contributed by atoms with Gasteiger partial charge in [-0.25, -0.2) is 4.98 Å². The predicted molar refractivity (Wildman–Crippen MR) is 67.7 cm³/mol. The summed E-state index contributed by atoms with van der Waals surface area (Å²) in [6.07, 6.45) is 8.80. The molecule has 4 heteroatoms. The Balaban J connectivity index is 1.69. The van der Waals surface area contributed by atoms with Gasteiger partial charge in [-0.3, -0.25) is 0 Å². The molecule has 1 fully saturated rings. The zero-order valence-electron chi connectivity index (χ0n) is 10.6. The summed E-state index contributed by atoms with van der Waals surface area (Å²) in [4.78, 5) is 6.52. The minimum Gasteiger partial charge on any atom is -0.393 e. The summed E-state index contributed by atoms with van der Waals surface area (Å²) in [5.41, 5.74) is 0. The van der Waals surface area contributed by atoms with Gasteiger partial charge in [-0.2, -0.15) is 0 Å². The second-order valence-electron chi connectivity index (χ2n) is 4.98. The molecule has 1 N–H and O–H groups in total. The van der Waals surface area contributed by atoms with Crippen LogP contribution in [0.1, 0.15) is 26.2 Å². The third-order valence-electron chi connectivity index (χ3n) is 3.75. The van der Waals surface area contributed by atoms with Gasteiger partial charge in [0.15, 0.2) is 0 Å². The summed E-state index contributed by atoms with van der Waals surface area (Å²) in [6.45, 7) is 6.43. The van der Waals surface area contributed by atoms with Crippen LogP contribution in [-0.2, 0) is 6.54 Å². The lowest BCUT2D eigenvalue weighted by Gasteiger charge is -2.35. The van der Waals surface area contributed by atoms with Crippen LogP contribution in [0.15, 0.2) is 18.7 Å². The average molecular weight is 237 g/mol. The Morgan fingerprint density at radius 1 is 1.41 bits per heavy atom. The van der Waals surface area contributed by atoms with Crippen LogP contribution in [0.3, 0.4) is 0 Å². The fraction of sp³-hybridized carbons (Fsp3) is 0.769. The van der Waals surface area contributed by atoms with Gasteiger partial charge in [0, 0.05) is 32.0 Å². The van der Waals surface area contributed by atoms with E-state index < -0.39 is 0 Å². The fourth-order valence-corrected chi connectivity index (χ4v) is 2.60. The van der Waals surface area contributed by atoms with Crippen LogP contribution < -0.4 is 0 Å². The molecule has 1 aromatic rings. The summed E-state index contributed by atoms with van der Waals surface area (Å²) in [7, 11) is 0. The molecule has 0 amide bonds. The maximum Gasteiger partial charge on any atom is 0.0945 e. The summed E-state index contributed by atoms with van der Waals surface area (Å²) in [6, 6.07) is 0. The van der Waals surface area contributed by atoms with Crippen LogP contribution in [0.4, 0.5) is 0 Å². The lowest BCUT2D eigenvalue weighted by molar-refractivity contribution is 0.0245. The Kier molecular flexibility index (Phi) is 4.57. The molecule has 1 aliphatic heterocycles. The smallest absolute Gasteiger partial charge is 0.0945 e. The lowest BCUT2D eigenvalue weighted by atomic mass is 9.92. The molecule has 0 radical (unpaired) electrons. The van der Waals surface area contributed by atoms with Gasteiger partial charge in [-0.1, -0.05) is 6.92 Å². The highest BCUT2D eigenvalue weighted by molar-refractivity contribution is 4.79. The molecule has 0 aromatic carbocycles.